The van der Waals surface area contributed by atoms with Crippen LogP contribution in [0.2, 0.25) is 0 Å². The van der Waals surface area contributed by atoms with Gasteiger partial charge in [-0.1, -0.05) is 13.8 Å². The van der Waals surface area contributed by atoms with Crippen molar-refractivity contribution in [3.63, 3.8) is 0 Å². The maximum absolute atomic E-state index is 9.15. The number of rotatable bonds is 3. The van der Waals surface area contributed by atoms with Gasteiger partial charge in [0.25, 0.3) is 0 Å². The molecule has 1 aliphatic heterocycles. The molecule has 2 fully saturated rings. The summed E-state index contributed by atoms with van der Waals surface area (Å²) in [4.78, 5) is 5.10. The van der Waals surface area contributed by atoms with Gasteiger partial charge in [0.15, 0.2) is 0 Å². The molecule has 0 aromatic rings. The van der Waals surface area contributed by atoms with Crippen LogP contribution >= 0.6 is 0 Å². The molecule has 1 saturated carbocycles. The van der Waals surface area contributed by atoms with Crippen LogP contribution in [0.25, 0.3) is 0 Å². The molecule has 3 heteroatoms. The largest absolute Gasteiger partial charge is 0.396 e. The first kappa shape index (κ1) is 12.3. The highest BCUT2D eigenvalue weighted by molar-refractivity contribution is 4.93. The van der Waals surface area contributed by atoms with E-state index in [4.69, 9.17) is 5.11 Å². The average molecular weight is 226 g/mol. The van der Waals surface area contributed by atoms with Crippen molar-refractivity contribution in [1.29, 1.82) is 0 Å². The number of aliphatic hydroxyl groups is 1. The van der Waals surface area contributed by atoms with E-state index in [0.717, 1.165) is 25.6 Å². The first-order valence-corrected chi connectivity index (χ1v) is 6.57. The van der Waals surface area contributed by atoms with Crippen LogP contribution in [0, 0.1) is 5.41 Å². The molecular formula is C13H26N2O. The van der Waals surface area contributed by atoms with Crippen molar-refractivity contribution in [2.75, 3.05) is 33.3 Å². The number of nitrogens with zero attached hydrogens (tertiary/aromatic N) is 2. The van der Waals surface area contributed by atoms with Gasteiger partial charge in [-0.3, -0.25) is 4.90 Å². The first-order chi connectivity index (χ1) is 7.52. The minimum atomic E-state index is 0.313. The third-order valence-corrected chi connectivity index (χ3v) is 3.90. The lowest BCUT2D eigenvalue weighted by Gasteiger charge is -2.30. The summed E-state index contributed by atoms with van der Waals surface area (Å²) in [5.74, 6) is 0. The van der Waals surface area contributed by atoms with E-state index in [0.29, 0.717) is 18.1 Å². The fourth-order valence-corrected chi connectivity index (χ4v) is 3.06. The van der Waals surface area contributed by atoms with Crippen molar-refractivity contribution in [2.24, 2.45) is 5.41 Å². The van der Waals surface area contributed by atoms with Crippen molar-refractivity contribution in [3.8, 4) is 0 Å². The summed E-state index contributed by atoms with van der Waals surface area (Å²) < 4.78 is 0. The molecule has 1 heterocycles. The van der Waals surface area contributed by atoms with Crippen molar-refractivity contribution < 1.29 is 5.11 Å². The second-order valence-electron chi connectivity index (χ2n) is 6.41. The summed E-state index contributed by atoms with van der Waals surface area (Å²) in [5.41, 5.74) is 0.377. The van der Waals surface area contributed by atoms with Gasteiger partial charge in [-0.05, 0) is 31.7 Å². The standard InChI is InChI=1S/C13H26N2O/c1-13(2)9-14(3)12(6-7-16)8-15(10-13)11-4-5-11/h11-12,16H,4-10H2,1-3H3. The van der Waals surface area contributed by atoms with Gasteiger partial charge in [0.1, 0.15) is 0 Å². The van der Waals surface area contributed by atoms with Crippen molar-refractivity contribution in [3.05, 3.63) is 0 Å². The second kappa shape index (κ2) is 4.63. The second-order valence-corrected chi connectivity index (χ2v) is 6.41. The number of hydrogen-bond donors (Lipinski definition) is 1. The maximum Gasteiger partial charge on any atom is 0.0446 e. The molecule has 0 aromatic carbocycles. The van der Waals surface area contributed by atoms with E-state index in [1.807, 2.05) is 0 Å². The summed E-state index contributed by atoms with van der Waals surface area (Å²) in [5, 5.41) is 9.15. The molecule has 1 N–H and O–H groups in total. The Bertz CT molecular complexity index is 238. The lowest BCUT2D eigenvalue weighted by Crippen LogP contribution is -2.40. The molecule has 2 rings (SSSR count). The van der Waals surface area contributed by atoms with Gasteiger partial charge in [0.05, 0.1) is 0 Å². The normalized spacial score (nSPS) is 32.6. The molecule has 0 bridgehead atoms. The molecule has 0 spiro atoms. The number of aliphatic hydroxyl groups excluding tert-OH is 1. The van der Waals surface area contributed by atoms with Crippen LogP contribution in [-0.4, -0.2) is 60.3 Å². The number of likely N-dealkylation sites (N-methyl/N-ethyl adjacent to an activating group) is 1. The van der Waals surface area contributed by atoms with Crippen LogP contribution in [0.5, 0.6) is 0 Å². The lowest BCUT2D eigenvalue weighted by atomic mass is 9.92. The molecule has 0 amide bonds. The van der Waals surface area contributed by atoms with Crippen LogP contribution in [-0.2, 0) is 0 Å². The Morgan fingerprint density at radius 3 is 2.50 bits per heavy atom. The first-order valence-electron chi connectivity index (χ1n) is 6.57. The Morgan fingerprint density at radius 1 is 1.25 bits per heavy atom. The van der Waals surface area contributed by atoms with E-state index in [2.05, 4.69) is 30.7 Å². The Balaban J connectivity index is 2.05. The molecule has 0 radical (unpaired) electrons. The molecule has 94 valence electrons. The third-order valence-electron chi connectivity index (χ3n) is 3.90. The Labute approximate surface area is 99.4 Å². The smallest absolute Gasteiger partial charge is 0.0446 e. The molecule has 3 nitrogen and oxygen atoms in total. The van der Waals surface area contributed by atoms with Crippen molar-refractivity contribution in [2.45, 2.75) is 45.2 Å². The predicted octanol–water partition coefficient (Wildman–Crippen LogP) is 1.17. The van der Waals surface area contributed by atoms with Gasteiger partial charge in [-0.15, -0.1) is 0 Å². The predicted molar refractivity (Wildman–Crippen MR) is 66.5 cm³/mol. The van der Waals surface area contributed by atoms with Crippen LogP contribution in [0.15, 0.2) is 0 Å². The summed E-state index contributed by atoms with van der Waals surface area (Å²) in [6.45, 7) is 8.53. The fourth-order valence-electron chi connectivity index (χ4n) is 3.06. The topological polar surface area (TPSA) is 26.7 Å². The van der Waals surface area contributed by atoms with Gasteiger partial charge >= 0.3 is 0 Å². The minimum absolute atomic E-state index is 0.313. The van der Waals surface area contributed by atoms with Crippen LogP contribution in [0.1, 0.15) is 33.1 Å². The van der Waals surface area contributed by atoms with Crippen molar-refractivity contribution in [1.82, 2.24) is 9.80 Å². The lowest BCUT2D eigenvalue weighted by molar-refractivity contribution is 0.158. The highest BCUT2D eigenvalue weighted by Crippen LogP contribution is 2.33. The highest BCUT2D eigenvalue weighted by Gasteiger charge is 2.38. The van der Waals surface area contributed by atoms with E-state index in [1.165, 1.54) is 19.4 Å². The molecule has 0 aromatic heterocycles. The molecule has 1 unspecified atom stereocenters. The SMILES string of the molecule is CN1CC(C)(C)CN(C2CC2)CC1CCO. The molecule has 2 aliphatic rings. The zero-order valence-corrected chi connectivity index (χ0v) is 10.9. The molecule has 1 saturated heterocycles. The minimum Gasteiger partial charge on any atom is -0.396 e. The number of hydrogen-bond acceptors (Lipinski definition) is 3. The van der Waals surface area contributed by atoms with Crippen LogP contribution < -0.4 is 0 Å². The summed E-state index contributed by atoms with van der Waals surface area (Å²) in [7, 11) is 2.21. The van der Waals surface area contributed by atoms with E-state index >= 15 is 0 Å². The molecule has 1 atom stereocenters. The van der Waals surface area contributed by atoms with E-state index in [1.54, 1.807) is 0 Å². The van der Waals surface area contributed by atoms with E-state index < -0.39 is 0 Å². The van der Waals surface area contributed by atoms with Crippen LogP contribution in [0.4, 0.5) is 0 Å². The Kier molecular flexibility index (Phi) is 3.57. The van der Waals surface area contributed by atoms with Crippen LogP contribution in [0.3, 0.4) is 0 Å². The zero-order valence-electron chi connectivity index (χ0n) is 10.9. The quantitative estimate of drug-likeness (QED) is 0.782. The van der Waals surface area contributed by atoms with Gasteiger partial charge in [0.2, 0.25) is 0 Å². The molecule has 1 aliphatic carbocycles. The van der Waals surface area contributed by atoms with Gasteiger partial charge < -0.3 is 10.0 Å². The monoisotopic (exact) mass is 226 g/mol. The summed E-state index contributed by atoms with van der Waals surface area (Å²) >= 11 is 0. The van der Waals surface area contributed by atoms with Gasteiger partial charge in [-0.2, -0.15) is 0 Å². The Morgan fingerprint density at radius 2 is 1.94 bits per heavy atom. The zero-order chi connectivity index (χ0) is 11.8. The Hall–Kier alpha value is -0.120. The summed E-state index contributed by atoms with van der Waals surface area (Å²) in [6, 6.07) is 1.37. The summed E-state index contributed by atoms with van der Waals surface area (Å²) in [6.07, 6.45) is 3.67. The van der Waals surface area contributed by atoms with Gasteiger partial charge in [-0.25, -0.2) is 0 Å². The van der Waals surface area contributed by atoms with E-state index in [-0.39, 0.29) is 0 Å². The van der Waals surface area contributed by atoms with E-state index in [9.17, 15) is 0 Å². The average Bonchev–Trinajstić information content (AvgIpc) is 2.96. The van der Waals surface area contributed by atoms with Crippen molar-refractivity contribution >= 4 is 0 Å². The molecular weight excluding hydrogens is 200 g/mol. The maximum atomic E-state index is 9.15. The molecule has 16 heavy (non-hydrogen) atoms. The fraction of sp³-hybridized carbons (Fsp3) is 1.00. The van der Waals surface area contributed by atoms with Gasteiger partial charge in [0, 0.05) is 38.3 Å². The third kappa shape index (κ3) is 2.96. The highest BCUT2D eigenvalue weighted by atomic mass is 16.3.